The van der Waals surface area contributed by atoms with E-state index in [2.05, 4.69) is 42.4 Å². The molecule has 1 aliphatic heterocycles. The maximum absolute atomic E-state index is 14.3. The third kappa shape index (κ3) is 3.25. The lowest BCUT2D eigenvalue weighted by Gasteiger charge is -2.12. The van der Waals surface area contributed by atoms with Gasteiger partial charge in [0.05, 0.1) is 22.1 Å². The van der Waals surface area contributed by atoms with Gasteiger partial charge in [-0.25, -0.2) is 14.4 Å². The van der Waals surface area contributed by atoms with Gasteiger partial charge in [-0.15, -0.1) is 0 Å². The second kappa shape index (κ2) is 6.97. The molecule has 5 rings (SSSR count). The zero-order chi connectivity index (χ0) is 20.0. The van der Waals surface area contributed by atoms with Gasteiger partial charge in [0.15, 0.2) is 5.65 Å². The monoisotopic (exact) mass is 450 g/mol. The van der Waals surface area contributed by atoms with Crippen LogP contribution in [0.2, 0.25) is 0 Å². The maximum Gasteiger partial charge on any atom is 0.172 e. The Labute approximate surface area is 174 Å². The standard InChI is InChI=1S/C21H16BrFN6/c22-15-11-26-29-20(9-18(28-21(15)29)14-3-1-2-4-16(14)23)25-10-12-5-6-17-13(7-12)8-19(24)27-17/h1-7,9,11,25H,8,10H2,(H2,24,27). The van der Waals surface area contributed by atoms with Crippen molar-refractivity contribution in [2.24, 2.45) is 10.7 Å². The van der Waals surface area contributed by atoms with E-state index in [1.165, 1.54) is 6.07 Å². The van der Waals surface area contributed by atoms with E-state index in [1.807, 2.05) is 12.1 Å². The van der Waals surface area contributed by atoms with Crippen molar-refractivity contribution in [3.63, 3.8) is 0 Å². The van der Waals surface area contributed by atoms with Gasteiger partial charge in [-0.3, -0.25) is 0 Å². The van der Waals surface area contributed by atoms with E-state index in [4.69, 9.17) is 5.73 Å². The molecule has 2 aromatic carbocycles. The van der Waals surface area contributed by atoms with Crippen molar-refractivity contribution in [3.05, 3.63) is 76.1 Å². The lowest BCUT2D eigenvalue weighted by atomic mass is 10.1. The molecule has 0 aliphatic carbocycles. The minimum absolute atomic E-state index is 0.317. The Morgan fingerprint density at radius 2 is 2.03 bits per heavy atom. The lowest BCUT2D eigenvalue weighted by molar-refractivity contribution is 0.630. The average Bonchev–Trinajstić information content (AvgIpc) is 3.28. The molecule has 4 aromatic rings. The molecule has 29 heavy (non-hydrogen) atoms. The number of aliphatic imine (C=N–C) groups is 1. The number of hydrogen-bond acceptors (Lipinski definition) is 5. The molecule has 0 atom stereocenters. The van der Waals surface area contributed by atoms with E-state index in [0.717, 1.165) is 27.1 Å². The predicted octanol–water partition coefficient (Wildman–Crippen LogP) is 4.45. The molecule has 0 saturated heterocycles. The summed E-state index contributed by atoms with van der Waals surface area (Å²) in [7, 11) is 0. The van der Waals surface area contributed by atoms with Crippen LogP contribution in [0.15, 0.2) is 64.2 Å². The van der Waals surface area contributed by atoms with Crippen molar-refractivity contribution in [2.45, 2.75) is 13.0 Å². The summed E-state index contributed by atoms with van der Waals surface area (Å²) < 4.78 is 16.8. The molecule has 0 saturated carbocycles. The summed E-state index contributed by atoms with van der Waals surface area (Å²) >= 11 is 3.47. The molecule has 3 N–H and O–H groups in total. The molecule has 0 spiro atoms. The number of hydrogen-bond donors (Lipinski definition) is 2. The van der Waals surface area contributed by atoms with Crippen LogP contribution >= 0.6 is 15.9 Å². The molecular formula is C21H16BrFN6. The quantitative estimate of drug-likeness (QED) is 0.481. The van der Waals surface area contributed by atoms with Gasteiger partial charge < -0.3 is 11.1 Å². The fourth-order valence-corrected chi connectivity index (χ4v) is 3.80. The molecule has 2 aromatic heterocycles. The van der Waals surface area contributed by atoms with E-state index < -0.39 is 0 Å². The van der Waals surface area contributed by atoms with Crippen molar-refractivity contribution in [1.82, 2.24) is 14.6 Å². The van der Waals surface area contributed by atoms with Crippen molar-refractivity contribution >= 4 is 38.9 Å². The van der Waals surface area contributed by atoms with Gasteiger partial charge in [0.2, 0.25) is 0 Å². The van der Waals surface area contributed by atoms with Crippen molar-refractivity contribution in [2.75, 3.05) is 5.32 Å². The highest BCUT2D eigenvalue weighted by atomic mass is 79.9. The molecule has 0 radical (unpaired) electrons. The van der Waals surface area contributed by atoms with E-state index in [-0.39, 0.29) is 5.82 Å². The van der Waals surface area contributed by atoms with Crippen molar-refractivity contribution in [3.8, 4) is 11.3 Å². The number of amidine groups is 1. The van der Waals surface area contributed by atoms with Gasteiger partial charge in [0, 0.05) is 24.6 Å². The van der Waals surface area contributed by atoms with Gasteiger partial charge >= 0.3 is 0 Å². The number of rotatable bonds is 4. The number of fused-ring (bicyclic) bond motifs is 2. The number of anilines is 1. The first-order valence-electron chi connectivity index (χ1n) is 9.06. The largest absolute Gasteiger partial charge is 0.387 e. The molecule has 144 valence electrons. The summed E-state index contributed by atoms with van der Waals surface area (Å²) in [5.74, 6) is 1.04. The van der Waals surface area contributed by atoms with Crippen LogP contribution in [0.25, 0.3) is 16.9 Å². The minimum atomic E-state index is -0.317. The normalized spacial score (nSPS) is 12.8. The zero-order valence-corrected chi connectivity index (χ0v) is 16.8. The highest BCUT2D eigenvalue weighted by Gasteiger charge is 2.15. The van der Waals surface area contributed by atoms with Gasteiger partial charge in [-0.2, -0.15) is 9.61 Å². The summed E-state index contributed by atoms with van der Waals surface area (Å²) in [4.78, 5) is 8.90. The fourth-order valence-electron chi connectivity index (χ4n) is 3.45. The molecule has 3 heterocycles. The summed E-state index contributed by atoms with van der Waals surface area (Å²) in [5.41, 5.74) is 10.6. The zero-order valence-electron chi connectivity index (χ0n) is 15.2. The third-order valence-corrected chi connectivity index (χ3v) is 5.39. The number of nitrogens with two attached hydrogens (primary N) is 1. The second-order valence-electron chi connectivity index (χ2n) is 6.83. The third-order valence-electron chi connectivity index (χ3n) is 4.83. The lowest BCUT2D eigenvalue weighted by Crippen LogP contribution is -2.10. The van der Waals surface area contributed by atoms with Crippen LogP contribution in [0.3, 0.4) is 0 Å². The Bertz CT molecular complexity index is 1280. The second-order valence-corrected chi connectivity index (χ2v) is 7.69. The van der Waals surface area contributed by atoms with Crippen LogP contribution in [-0.4, -0.2) is 20.4 Å². The first-order chi connectivity index (χ1) is 14.1. The smallest absolute Gasteiger partial charge is 0.172 e. The summed E-state index contributed by atoms with van der Waals surface area (Å²) in [5, 5.41) is 7.77. The summed E-state index contributed by atoms with van der Waals surface area (Å²) in [6.45, 7) is 0.570. The Balaban J connectivity index is 1.50. The van der Waals surface area contributed by atoms with E-state index in [0.29, 0.717) is 35.7 Å². The molecule has 1 aliphatic rings. The van der Waals surface area contributed by atoms with E-state index in [1.54, 1.807) is 35.0 Å². The molecule has 0 bridgehead atoms. The van der Waals surface area contributed by atoms with Crippen LogP contribution < -0.4 is 11.1 Å². The number of aromatic nitrogens is 3. The minimum Gasteiger partial charge on any atom is -0.387 e. The molecule has 6 nitrogen and oxygen atoms in total. The number of nitrogens with zero attached hydrogens (tertiary/aromatic N) is 4. The number of benzene rings is 2. The topological polar surface area (TPSA) is 80.6 Å². The SMILES string of the molecule is NC1=Nc2ccc(CNc3cc(-c4ccccc4F)nc4c(Br)cnn34)cc2C1. The predicted molar refractivity (Wildman–Crippen MR) is 115 cm³/mol. The molecule has 0 amide bonds. The summed E-state index contributed by atoms with van der Waals surface area (Å²) in [6, 6.07) is 14.5. The summed E-state index contributed by atoms with van der Waals surface area (Å²) in [6.07, 6.45) is 2.35. The van der Waals surface area contributed by atoms with Crippen LogP contribution in [0.4, 0.5) is 15.9 Å². The Morgan fingerprint density at radius 1 is 1.17 bits per heavy atom. The van der Waals surface area contributed by atoms with Crippen LogP contribution in [0, 0.1) is 5.82 Å². The average molecular weight is 451 g/mol. The highest BCUT2D eigenvalue weighted by Crippen LogP contribution is 2.29. The van der Waals surface area contributed by atoms with Crippen molar-refractivity contribution in [1.29, 1.82) is 0 Å². The van der Waals surface area contributed by atoms with E-state index >= 15 is 0 Å². The number of halogens is 2. The molecular weight excluding hydrogens is 435 g/mol. The van der Waals surface area contributed by atoms with Gasteiger partial charge in [0.25, 0.3) is 0 Å². The van der Waals surface area contributed by atoms with Gasteiger partial charge in [-0.1, -0.05) is 24.3 Å². The van der Waals surface area contributed by atoms with E-state index in [9.17, 15) is 4.39 Å². The van der Waals surface area contributed by atoms with Crippen LogP contribution in [-0.2, 0) is 13.0 Å². The van der Waals surface area contributed by atoms with Crippen LogP contribution in [0.1, 0.15) is 11.1 Å². The Morgan fingerprint density at radius 3 is 2.90 bits per heavy atom. The van der Waals surface area contributed by atoms with Crippen molar-refractivity contribution < 1.29 is 4.39 Å². The first kappa shape index (κ1) is 17.8. The Hall–Kier alpha value is -3.26. The van der Waals surface area contributed by atoms with Crippen LogP contribution in [0.5, 0.6) is 0 Å². The maximum atomic E-state index is 14.3. The molecule has 0 unspecified atom stereocenters. The fraction of sp³-hybridized carbons (Fsp3) is 0.0952. The molecule has 0 fully saturated rings. The first-order valence-corrected chi connectivity index (χ1v) is 9.86. The van der Waals surface area contributed by atoms with Gasteiger partial charge in [-0.05, 0) is 45.3 Å². The Kier molecular flexibility index (Phi) is 4.28. The highest BCUT2D eigenvalue weighted by molar-refractivity contribution is 9.10. The molecule has 8 heteroatoms. The number of nitrogens with one attached hydrogen (secondary N) is 1. The van der Waals surface area contributed by atoms with Gasteiger partial charge in [0.1, 0.15) is 17.5 Å².